The maximum Gasteiger partial charge on any atom is 0.132 e. The van der Waals surface area contributed by atoms with Gasteiger partial charge in [0.2, 0.25) is 0 Å². The van der Waals surface area contributed by atoms with Gasteiger partial charge in [0, 0.05) is 22.7 Å². The Morgan fingerprint density at radius 3 is 2.70 bits per heavy atom. The Labute approximate surface area is 116 Å². The van der Waals surface area contributed by atoms with Crippen LogP contribution in [0.1, 0.15) is 12.6 Å². The van der Waals surface area contributed by atoms with E-state index in [-0.39, 0.29) is 5.82 Å². The number of rotatable bonds is 2. The summed E-state index contributed by atoms with van der Waals surface area (Å²) in [6.07, 6.45) is 2.42. The second kappa shape index (κ2) is 4.89. The standard InChI is InChI=1S/C16H14FN3/c1-2-14-10(6-8-15(18)20-14)11-5-7-13(17)12-4-3-9-19-16(11)12/h3-9H,2H2,1H3,(H2,18,20). The van der Waals surface area contributed by atoms with Crippen LogP contribution in [0.5, 0.6) is 0 Å². The monoisotopic (exact) mass is 267 g/mol. The van der Waals surface area contributed by atoms with Crippen LogP contribution in [0.2, 0.25) is 0 Å². The van der Waals surface area contributed by atoms with Crippen molar-refractivity contribution in [2.24, 2.45) is 0 Å². The Hall–Kier alpha value is -2.49. The molecule has 1 aromatic carbocycles. The topological polar surface area (TPSA) is 51.8 Å². The van der Waals surface area contributed by atoms with E-state index in [2.05, 4.69) is 9.97 Å². The van der Waals surface area contributed by atoms with Crippen molar-refractivity contribution in [3.63, 3.8) is 0 Å². The van der Waals surface area contributed by atoms with Gasteiger partial charge in [-0.2, -0.15) is 0 Å². The Kier molecular flexibility index (Phi) is 3.06. The van der Waals surface area contributed by atoms with E-state index in [9.17, 15) is 4.39 Å². The van der Waals surface area contributed by atoms with Gasteiger partial charge in [-0.05, 0) is 42.8 Å². The van der Waals surface area contributed by atoms with Gasteiger partial charge in [-0.3, -0.25) is 4.98 Å². The molecule has 0 spiro atoms. The summed E-state index contributed by atoms with van der Waals surface area (Å²) >= 11 is 0. The lowest BCUT2D eigenvalue weighted by molar-refractivity contribution is 0.639. The number of aryl methyl sites for hydroxylation is 1. The highest BCUT2D eigenvalue weighted by Crippen LogP contribution is 2.31. The number of nitrogens with zero attached hydrogens (tertiary/aromatic N) is 2. The molecule has 0 atom stereocenters. The summed E-state index contributed by atoms with van der Waals surface area (Å²) < 4.78 is 13.9. The molecular formula is C16H14FN3. The van der Waals surface area contributed by atoms with Gasteiger partial charge in [-0.25, -0.2) is 9.37 Å². The third kappa shape index (κ3) is 1.99. The number of anilines is 1. The van der Waals surface area contributed by atoms with Crippen molar-refractivity contribution < 1.29 is 4.39 Å². The zero-order valence-corrected chi connectivity index (χ0v) is 11.1. The van der Waals surface area contributed by atoms with Crippen molar-refractivity contribution in [2.75, 3.05) is 5.73 Å². The van der Waals surface area contributed by atoms with Crippen LogP contribution in [0.15, 0.2) is 42.6 Å². The zero-order chi connectivity index (χ0) is 14.1. The van der Waals surface area contributed by atoms with Crippen LogP contribution in [-0.4, -0.2) is 9.97 Å². The molecule has 3 nitrogen and oxygen atoms in total. The highest BCUT2D eigenvalue weighted by Gasteiger charge is 2.12. The molecule has 4 heteroatoms. The number of fused-ring (bicyclic) bond motifs is 1. The van der Waals surface area contributed by atoms with E-state index in [0.717, 1.165) is 23.2 Å². The predicted octanol–water partition coefficient (Wildman–Crippen LogP) is 3.58. The second-order valence-corrected chi connectivity index (χ2v) is 4.58. The molecule has 2 heterocycles. The second-order valence-electron chi connectivity index (χ2n) is 4.58. The summed E-state index contributed by atoms with van der Waals surface area (Å²) in [7, 11) is 0. The maximum atomic E-state index is 13.9. The largest absolute Gasteiger partial charge is 0.384 e. The van der Waals surface area contributed by atoms with Crippen LogP contribution in [-0.2, 0) is 6.42 Å². The number of pyridine rings is 2. The number of benzene rings is 1. The molecule has 2 aromatic heterocycles. The third-order valence-corrected chi connectivity index (χ3v) is 3.34. The molecule has 0 fully saturated rings. The molecule has 0 unspecified atom stereocenters. The van der Waals surface area contributed by atoms with Gasteiger partial charge in [0.15, 0.2) is 0 Å². The lowest BCUT2D eigenvalue weighted by Gasteiger charge is -2.11. The minimum atomic E-state index is -0.265. The minimum absolute atomic E-state index is 0.265. The van der Waals surface area contributed by atoms with Gasteiger partial charge in [0.1, 0.15) is 11.6 Å². The summed E-state index contributed by atoms with van der Waals surface area (Å²) in [6.45, 7) is 2.02. The first-order valence-corrected chi connectivity index (χ1v) is 6.49. The number of nitrogens with two attached hydrogens (primary N) is 1. The van der Waals surface area contributed by atoms with Crippen LogP contribution in [0, 0.1) is 5.82 Å². The van der Waals surface area contributed by atoms with Crippen molar-refractivity contribution in [3.8, 4) is 11.1 Å². The lowest BCUT2D eigenvalue weighted by atomic mass is 9.99. The first kappa shape index (κ1) is 12.5. The van der Waals surface area contributed by atoms with Gasteiger partial charge in [-0.1, -0.05) is 6.92 Å². The van der Waals surface area contributed by atoms with Crippen molar-refractivity contribution in [1.82, 2.24) is 9.97 Å². The van der Waals surface area contributed by atoms with E-state index in [0.29, 0.717) is 16.7 Å². The van der Waals surface area contributed by atoms with E-state index in [1.54, 1.807) is 30.5 Å². The first-order chi connectivity index (χ1) is 9.70. The van der Waals surface area contributed by atoms with Gasteiger partial charge in [0.25, 0.3) is 0 Å². The van der Waals surface area contributed by atoms with Crippen LogP contribution < -0.4 is 5.73 Å². The van der Waals surface area contributed by atoms with Gasteiger partial charge in [0.05, 0.1) is 11.2 Å². The Morgan fingerprint density at radius 1 is 1.10 bits per heavy atom. The number of halogens is 1. The molecule has 0 saturated carbocycles. The molecule has 3 aromatic rings. The Bertz CT molecular complexity index is 784. The average molecular weight is 267 g/mol. The molecule has 0 aliphatic rings. The van der Waals surface area contributed by atoms with Crippen molar-refractivity contribution in [1.29, 1.82) is 0 Å². The first-order valence-electron chi connectivity index (χ1n) is 6.49. The molecule has 3 rings (SSSR count). The van der Waals surface area contributed by atoms with Crippen molar-refractivity contribution in [3.05, 3.63) is 54.1 Å². The van der Waals surface area contributed by atoms with E-state index in [1.165, 1.54) is 6.07 Å². The molecular weight excluding hydrogens is 253 g/mol. The smallest absolute Gasteiger partial charge is 0.132 e. The summed E-state index contributed by atoms with van der Waals surface area (Å²) in [5.74, 6) is 0.225. The lowest BCUT2D eigenvalue weighted by Crippen LogP contribution is -1.98. The van der Waals surface area contributed by atoms with Crippen molar-refractivity contribution >= 4 is 16.7 Å². The van der Waals surface area contributed by atoms with E-state index in [4.69, 9.17) is 5.73 Å². The average Bonchev–Trinajstić information content (AvgIpc) is 2.48. The minimum Gasteiger partial charge on any atom is -0.384 e. The van der Waals surface area contributed by atoms with Gasteiger partial charge >= 0.3 is 0 Å². The Morgan fingerprint density at radius 2 is 1.90 bits per heavy atom. The summed E-state index contributed by atoms with van der Waals surface area (Å²) in [5.41, 5.74) is 9.10. The van der Waals surface area contributed by atoms with E-state index in [1.807, 2.05) is 13.0 Å². The molecule has 0 bridgehead atoms. The molecule has 2 N–H and O–H groups in total. The maximum absolute atomic E-state index is 13.9. The fourth-order valence-electron chi connectivity index (χ4n) is 2.39. The highest BCUT2D eigenvalue weighted by atomic mass is 19.1. The fourth-order valence-corrected chi connectivity index (χ4v) is 2.39. The molecule has 100 valence electrons. The SMILES string of the molecule is CCc1nc(N)ccc1-c1ccc(F)c2cccnc12. The molecule has 0 aliphatic carbocycles. The van der Waals surface area contributed by atoms with E-state index >= 15 is 0 Å². The number of hydrogen-bond donors (Lipinski definition) is 1. The quantitative estimate of drug-likeness (QED) is 0.772. The number of hydrogen-bond acceptors (Lipinski definition) is 3. The predicted molar refractivity (Wildman–Crippen MR) is 78.7 cm³/mol. The Balaban J connectivity index is 2.33. The van der Waals surface area contributed by atoms with Crippen LogP contribution in [0.25, 0.3) is 22.0 Å². The van der Waals surface area contributed by atoms with E-state index < -0.39 is 0 Å². The molecule has 0 aliphatic heterocycles. The number of nitrogen functional groups attached to an aromatic ring is 1. The molecule has 0 amide bonds. The molecule has 20 heavy (non-hydrogen) atoms. The summed E-state index contributed by atoms with van der Waals surface area (Å²) in [6, 6.07) is 10.4. The highest BCUT2D eigenvalue weighted by molar-refractivity contribution is 5.94. The van der Waals surface area contributed by atoms with Crippen LogP contribution in [0.3, 0.4) is 0 Å². The molecule has 0 radical (unpaired) electrons. The number of aromatic nitrogens is 2. The summed E-state index contributed by atoms with van der Waals surface area (Å²) in [4.78, 5) is 8.67. The van der Waals surface area contributed by atoms with Crippen molar-refractivity contribution in [2.45, 2.75) is 13.3 Å². The van der Waals surface area contributed by atoms with Crippen LogP contribution in [0.4, 0.5) is 10.2 Å². The van der Waals surface area contributed by atoms with Crippen LogP contribution >= 0.6 is 0 Å². The third-order valence-electron chi connectivity index (χ3n) is 3.34. The summed E-state index contributed by atoms with van der Waals surface area (Å²) in [5, 5.41) is 0.517. The van der Waals surface area contributed by atoms with Gasteiger partial charge in [-0.15, -0.1) is 0 Å². The zero-order valence-electron chi connectivity index (χ0n) is 11.1. The fraction of sp³-hybridized carbons (Fsp3) is 0.125. The van der Waals surface area contributed by atoms with Gasteiger partial charge < -0.3 is 5.73 Å². The molecule has 0 saturated heterocycles. The normalized spacial score (nSPS) is 10.9.